The van der Waals surface area contributed by atoms with Crippen LogP contribution >= 0.6 is 0 Å². The van der Waals surface area contributed by atoms with E-state index in [-0.39, 0.29) is 11.3 Å². The summed E-state index contributed by atoms with van der Waals surface area (Å²) in [7, 11) is 5.52. The molecule has 1 saturated heterocycles. The van der Waals surface area contributed by atoms with Crippen molar-refractivity contribution in [2.45, 2.75) is 33.2 Å². The van der Waals surface area contributed by atoms with E-state index in [0.717, 1.165) is 23.2 Å². The summed E-state index contributed by atoms with van der Waals surface area (Å²) < 4.78 is 11.0. The van der Waals surface area contributed by atoms with E-state index in [2.05, 4.69) is 0 Å². The fourth-order valence-corrected chi connectivity index (χ4v) is 4.37. The minimum Gasteiger partial charge on any atom is -0.507 e. The Morgan fingerprint density at radius 3 is 2.50 bits per heavy atom. The summed E-state index contributed by atoms with van der Waals surface area (Å²) >= 11 is 0. The van der Waals surface area contributed by atoms with Crippen LogP contribution in [0.25, 0.3) is 5.76 Å². The Labute approximate surface area is 201 Å². The molecule has 1 aliphatic rings. The van der Waals surface area contributed by atoms with Gasteiger partial charge < -0.3 is 24.4 Å². The van der Waals surface area contributed by atoms with Crippen LogP contribution in [0.3, 0.4) is 0 Å². The molecule has 1 atom stereocenters. The van der Waals surface area contributed by atoms with Crippen LogP contribution < -0.4 is 9.47 Å². The van der Waals surface area contributed by atoms with E-state index in [1.807, 2.05) is 70.1 Å². The lowest BCUT2D eigenvalue weighted by Crippen LogP contribution is -2.32. The number of aryl methyl sites for hydroxylation is 2. The summed E-state index contributed by atoms with van der Waals surface area (Å²) in [6, 6.07) is 10.3. The summed E-state index contributed by atoms with van der Waals surface area (Å²) in [4.78, 5) is 30.0. The van der Waals surface area contributed by atoms with Crippen LogP contribution in [0.5, 0.6) is 11.5 Å². The molecule has 1 aliphatic heterocycles. The number of hydrogen-bond acceptors (Lipinski definition) is 6. The highest BCUT2D eigenvalue weighted by Crippen LogP contribution is 2.41. The SMILES string of the molecule is CCOc1cccc(C2/C(=C(\O)c3cc(C)c(OC)cc3C)C(=O)C(=O)N2CCCN(C)C)c1. The van der Waals surface area contributed by atoms with Gasteiger partial charge in [-0.2, -0.15) is 0 Å². The Hall–Kier alpha value is -3.32. The van der Waals surface area contributed by atoms with Crippen LogP contribution in [0.1, 0.15) is 41.6 Å². The zero-order valence-corrected chi connectivity index (χ0v) is 20.8. The van der Waals surface area contributed by atoms with Gasteiger partial charge >= 0.3 is 0 Å². The third-order valence-corrected chi connectivity index (χ3v) is 6.03. The first-order valence-corrected chi connectivity index (χ1v) is 11.5. The number of amides is 1. The van der Waals surface area contributed by atoms with E-state index in [1.54, 1.807) is 18.1 Å². The van der Waals surface area contributed by atoms with Gasteiger partial charge in [-0.05, 0) is 88.8 Å². The minimum absolute atomic E-state index is 0.0937. The number of carbonyl (C=O) groups is 2. The van der Waals surface area contributed by atoms with Gasteiger partial charge in [0, 0.05) is 12.1 Å². The lowest BCUT2D eigenvalue weighted by Gasteiger charge is -2.26. The Morgan fingerprint density at radius 2 is 1.85 bits per heavy atom. The predicted molar refractivity (Wildman–Crippen MR) is 132 cm³/mol. The van der Waals surface area contributed by atoms with Crippen molar-refractivity contribution in [1.82, 2.24) is 9.80 Å². The van der Waals surface area contributed by atoms with Crippen LogP contribution in [0.4, 0.5) is 0 Å². The number of hydrogen-bond donors (Lipinski definition) is 1. The number of nitrogens with zero attached hydrogens (tertiary/aromatic N) is 2. The number of Topliss-reactive ketones (excluding diaryl/α,β-unsaturated/α-hetero) is 1. The van der Waals surface area contributed by atoms with Crippen molar-refractivity contribution in [3.8, 4) is 11.5 Å². The van der Waals surface area contributed by atoms with Crippen LogP contribution in [0.2, 0.25) is 0 Å². The maximum absolute atomic E-state index is 13.3. The second kappa shape index (κ2) is 10.7. The largest absolute Gasteiger partial charge is 0.507 e. The second-order valence-electron chi connectivity index (χ2n) is 8.79. The maximum Gasteiger partial charge on any atom is 0.295 e. The highest BCUT2D eigenvalue weighted by atomic mass is 16.5. The van der Waals surface area contributed by atoms with Gasteiger partial charge in [0.2, 0.25) is 0 Å². The molecule has 0 saturated carbocycles. The first kappa shape index (κ1) is 25.3. The second-order valence-corrected chi connectivity index (χ2v) is 8.79. The molecule has 0 aliphatic carbocycles. The molecule has 182 valence electrons. The van der Waals surface area contributed by atoms with Crippen LogP contribution in [0, 0.1) is 13.8 Å². The zero-order valence-electron chi connectivity index (χ0n) is 20.8. The fraction of sp³-hybridized carbons (Fsp3) is 0.407. The summed E-state index contributed by atoms with van der Waals surface area (Å²) in [5.74, 6) is -0.116. The number of methoxy groups -OCH3 is 1. The predicted octanol–water partition coefficient (Wildman–Crippen LogP) is 4.08. The Kier molecular flexibility index (Phi) is 7.99. The van der Waals surface area contributed by atoms with Crippen molar-refractivity contribution in [2.75, 3.05) is 40.9 Å². The van der Waals surface area contributed by atoms with Crippen molar-refractivity contribution in [1.29, 1.82) is 0 Å². The monoisotopic (exact) mass is 466 g/mol. The van der Waals surface area contributed by atoms with Crippen molar-refractivity contribution in [3.63, 3.8) is 0 Å². The van der Waals surface area contributed by atoms with Gasteiger partial charge in [-0.3, -0.25) is 9.59 Å². The number of ether oxygens (including phenoxy) is 2. The molecule has 34 heavy (non-hydrogen) atoms. The quantitative estimate of drug-likeness (QED) is 0.341. The van der Waals surface area contributed by atoms with E-state index >= 15 is 0 Å². The zero-order chi connectivity index (χ0) is 25.0. The third kappa shape index (κ3) is 5.09. The van der Waals surface area contributed by atoms with Gasteiger partial charge in [0.05, 0.1) is 25.3 Å². The molecule has 0 bridgehead atoms. The number of likely N-dealkylation sites (tertiary alicyclic amines) is 1. The van der Waals surface area contributed by atoms with Crippen molar-refractivity contribution >= 4 is 17.4 Å². The average molecular weight is 467 g/mol. The Balaban J connectivity index is 2.17. The first-order valence-electron chi connectivity index (χ1n) is 11.5. The molecule has 1 unspecified atom stereocenters. The number of carbonyl (C=O) groups excluding carboxylic acids is 2. The van der Waals surface area contributed by atoms with E-state index in [9.17, 15) is 14.7 Å². The van der Waals surface area contributed by atoms with Crippen molar-refractivity contribution in [2.24, 2.45) is 0 Å². The van der Waals surface area contributed by atoms with Gasteiger partial charge in [0.1, 0.15) is 17.3 Å². The molecule has 1 heterocycles. The topological polar surface area (TPSA) is 79.3 Å². The molecule has 0 spiro atoms. The van der Waals surface area contributed by atoms with Crippen molar-refractivity contribution < 1.29 is 24.2 Å². The van der Waals surface area contributed by atoms with Gasteiger partial charge in [-0.1, -0.05) is 12.1 Å². The van der Waals surface area contributed by atoms with E-state index < -0.39 is 17.7 Å². The summed E-state index contributed by atoms with van der Waals surface area (Å²) in [5.41, 5.74) is 2.90. The van der Waals surface area contributed by atoms with Crippen LogP contribution in [-0.2, 0) is 9.59 Å². The molecule has 2 aromatic rings. The summed E-state index contributed by atoms with van der Waals surface area (Å²) in [5, 5.41) is 11.4. The number of rotatable bonds is 9. The molecular weight excluding hydrogens is 432 g/mol. The molecule has 0 aromatic heterocycles. The molecule has 2 aromatic carbocycles. The smallest absolute Gasteiger partial charge is 0.295 e. The number of aliphatic hydroxyl groups excluding tert-OH is 1. The van der Waals surface area contributed by atoms with Crippen LogP contribution in [0.15, 0.2) is 42.0 Å². The van der Waals surface area contributed by atoms with E-state index in [0.29, 0.717) is 36.6 Å². The standard InChI is InChI=1S/C27H34N2O5/c1-7-34-20-11-8-10-19(16-20)24-23(26(31)27(32)29(24)13-9-12-28(4)5)25(30)21-14-18(3)22(33-6)15-17(21)2/h8,10-11,14-16,24,30H,7,9,12-13H2,1-6H3/b25-23+. The van der Waals surface area contributed by atoms with Crippen LogP contribution in [-0.4, -0.2) is 67.5 Å². The molecule has 7 heteroatoms. The van der Waals surface area contributed by atoms with Gasteiger partial charge in [-0.15, -0.1) is 0 Å². The Bertz CT molecular complexity index is 1110. The molecule has 1 fully saturated rings. The number of ketones is 1. The van der Waals surface area contributed by atoms with E-state index in [1.165, 1.54) is 0 Å². The molecule has 0 radical (unpaired) electrons. The summed E-state index contributed by atoms with van der Waals surface area (Å²) in [6.07, 6.45) is 0.697. The first-order chi connectivity index (χ1) is 16.2. The molecular formula is C27H34N2O5. The van der Waals surface area contributed by atoms with E-state index in [4.69, 9.17) is 9.47 Å². The normalized spacial score (nSPS) is 17.5. The molecule has 3 rings (SSSR count). The minimum atomic E-state index is -0.704. The Morgan fingerprint density at radius 1 is 1.12 bits per heavy atom. The highest BCUT2D eigenvalue weighted by Gasteiger charge is 2.46. The maximum atomic E-state index is 13.3. The lowest BCUT2D eigenvalue weighted by atomic mass is 9.93. The average Bonchev–Trinajstić information content (AvgIpc) is 3.05. The number of aliphatic hydroxyl groups is 1. The van der Waals surface area contributed by atoms with Gasteiger partial charge in [-0.25, -0.2) is 0 Å². The fourth-order valence-electron chi connectivity index (χ4n) is 4.37. The molecule has 7 nitrogen and oxygen atoms in total. The highest BCUT2D eigenvalue weighted by molar-refractivity contribution is 6.46. The molecule has 1 N–H and O–H groups in total. The van der Waals surface area contributed by atoms with Gasteiger partial charge in [0.15, 0.2) is 0 Å². The summed E-state index contributed by atoms with van der Waals surface area (Å²) in [6.45, 7) is 7.27. The molecule has 1 amide bonds. The number of benzene rings is 2. The third-order valence-electron chi connectivity index (χ3n) is 6.03. The lowest BCUT2D eigenvalue weighted by molar-refractivity contribution is -0.139. The van der Waals surface area contributed by atoms with Crippen molar-refractivity contribution in [3.05, 3.63) is 64.2 Å². The van der Waals surface area contributed by atoms with Gasteiger partial charge in [0.25, 0.3) is 11.7 Å².